The second-order valence-corrected chi connectivity index (χ2v) is 4.02. The molecule has 122 valence electrons. The van der Waals surface area contributed by atoms with Crippen molar-refractivity contribution in [1.29, 1.82) is 0 Å². The van der Waals surface area contributed by atoms with Gasteiger partial charge in [-0.15, -0.1) is 0 Å². The SMILES string of the molecule is C=CCOC(=O)NCC(CCC(=O)O)C(F)(F)C(F)(F)F. The molecular formula is C11H14F5NO4. The van der Waals surface area contributed by atoms with Gasteiger partial charge in [-0.1, -0.05) is 12.7 Å². The molecule has 0 radical (unpaired) electrons. The highest BCUT2D eigenvalue weighted by Crippen LogP contribution is 2.42. The molecule has 0 aliphatic carbocycles. The third-order valence-corrected chi connectivity index (χ3v) is 2.42. The van der Waals surface area contributed by atoms with Crippen LogP contribution in [0.25, 0.3) is 0 Å². The maximum absolute atomic E-state index is 13.2. The number of aliphatic carboxylic acids is 1. The summed E-state index contributed by atoms with van der Waals surface area (Å²) in [5.74, 6) is -9.06. The van der Waals surface area contributed by atoms with Gasteiger partial charge in [0.2, 0.25) is 0 Å². The number of hydrogen-bond acceptors (Lipinski definition) is 3. The van der Waals surface area contributed by atoms with Gasteiger partial charge in [0.15, 0.2) is 0 Å². The van der Waals surface area contributed by atoms with Crippen molar-refractivity contribution in [1.82, 2.24) is 5.32 Å². The molecule has 0 aromatic carbocycles. The largest absolute Gasteiger partial charge is 0.481 e. The average molecular weight is 319 g/mol. The van der Waals surface area contributed by atoms with E-state index in [0.29, 0.717) is 0 Å². The van der Waals surface area contributed by atoms with Gasteiger partial charge in [-0.05, 0) is 6.42 Å². The molecule has 21 heavy (non-hydrogen) atoms. The number of rotatable bonds is 8. The van der Waals surface area contributed by atoms with E-state index in [4.69, 9.17) is 5.11 Å². The maximum atomic E-state index is 13.2. The molecule has 0 rings (SSSR count). The molecule has 0 aromatic heterocycles. The molecule has 0 aromatic rings. The van der Waals surface area contributed by atoms with Crippen LogP contribution in [0.2, 0.25) is 0 Å². The summed E-state index contributed by atoms with van der Waals surface area (Å²) in [6.45, 7) is 1.89. The molecule has 5 nitrogen and oxygen atoms in total. The van der Waals surface area contributed by atoms with Gasteiger partial charge in [-0.2, -0.15) is 22.0 Å². The lowest BCUT2D eigenvalue weighted by Gasteiger charge is -2.28. The molecule has 10 heteroatoms. The summed E-state index contributed by atoms with van der Waals surface area (Å²) < 4.78 is 67.6. The number of ether oxygens (including phenoxy) is 1. The number of nitrogens with one attached hydrogen (secondary N) is 1. The Hall–Kier alpha value is -1.87. The monoisotopic (exact) mass is 319 g/mol. The van der Waals surface area contributed by atoms with E-state index in [-0.39, 0.29) is 6.61 Å². The van der Waals surface area contributed by atoms with E-state index in [0.717, 1.165) is 0 Å². The van der Waals surface area contributed by atoms with Crippen molar-refractivity contribution < 1.29 is 41.4 Å². The summed E-state index contributed by atoms with van der Waals surface area (Å²) in [6.07, 6.45) is -7.72. The van der Waals surface area contributed by atoms with Crippen LogP contribution in [0.3, 0.4) is 0 Å². The van der Waals surface area contributed by atoms with Crippen LogP contribution in [0.4, 0.5) is 26.7 Å². The van der Waals surface area contributed by atoms with E-state index in [2.05, 4.69) is 11.3 Å². The molecule has 0 saturated carbocycles. The third kappa shape index (κ3) is 6.41. The topological polar surface area (TPSA) is 75.6 Å². The first-order valence-electron chi connectivity index (χ1n) is 5.70. The Morgan fingerprint density at radius 1 is 1.29 bits per heavy atom. The van der Waals surface area contributed by atoms with Gasteiger partial charge < -0.3 is 15.2 Å². The van der Waals surface area contributed by atoms with Crippen molar-refractivity contribution in [3.8, 4) is 0 Å². The highest BCUT2D eigenvalue weighted by molar-refractivity contribution is 5.67. The van der Waals surface area contributed by atoms with Gasteiger partial charge in [0.25, 0.3) is 0 Å². The summed E-state index contributed by atoms with van der Waals surface area (Å²) in [7, 11) is 0. The quantitative estimate of drug-likeness (QED) is 0.532. The molecule has 0 aliphatic rings. The van der Waals surface area contributed by atoms with Crippen molar-refractivity contribution in [2.75, 3.05) is 13.2 Å². The number of alkyl carbamates (subject to hydrolysis) is 1. The van der Waals surface area contributed by atoms with E-state index in [1.54, 1.807) is 5.32 Å². The Balaban J connectivity index is 4.78. The summed E-state index contributed by atoms with van der Waals surface area (Å²) in [4.78, 5) is 21.3. The number of carboxylic acid groups (broad SMARTS) is 1. The van der Waals surface area contributed by atoms with E-state index in [1.165, 1.54) is 6.08 Å². The molecule has 1 amide bonds. The summed E-state index contributed by atoms with van der Waals surface area (Å²) in [5.41, 5.74) is 0. The smallest absolute Gasteiger partial charge is 0.453 e. The summed E-state index contributed by atoms with van der Waals surface area (Å²) in [5, 5.41) is 10.1. The summed E-state index contributed by atoms with van der Waals surface area (Å²) >= 11 is 0. The summed E-state index contributed by atoms with van der Waals surface area (Å²) in [6, 6.07) is 0. The predicted molar refractivity (Wildman–Crippen MR) is 60.9 cm³/mol. The predicted octanol–water partition coefficient (Wildman–Crippen LogP) is 2.58. The molecule has 0 spiro atoms. The minimum absolute atomic E-state index is 0.249. The first kappa shape index (κ1) is 19.1. The lowest BCUT2D eigenvalue weighted by molar-refractivity contribution is -0.302. The second kappa shape index (κ2) is 7.79. The zero-order valence-corrected chi connectivity index (χ0v) is 10.8. The van der Waals surface area contributed by atoms with Crippen LogP contribution in [0.5, 0.6) is 0 Å². The van der Waals surface area contributed by atoms with Crippen molar-refractivity contribution >= 4 is 12.1 Å². The molecule has 0 heterocycles. The first-order chi connectivity index (χ1) is 9.52. The highest BCUT2D eigenvalue weighted by Gasteiger charge is 2.61. The standard InChI is InChI=1S/C11H14F5NO4/c1-2-5-21-9(20)17-6-7(3-4-8(18)19)10(12,13)11(14,15)16/h2,7H,1,3-6H2,(H,17,20)(H,18,19). The Morgan fingerprint density at radius 2 is 1.86 bits per heavy atom. The zero-order chi connectivity index (χ0) is 16.7. The van der Waals surface area contributed by atoms with Gasteiger partial charge in [-0.25, -0.2) is 4.79 Å². The number of carbonyl (C=O) groups is 2. The molecular weight excluding hydrogens is 305 g/mol. The van der Waals surface area contributed by atoms with Gasteiger partial charge in [0.05, 0.1) is 5.92 Å². The Labute approximate surface area is 116 Å². The van der Waals surface area contributed by atoms with Gasteiger partial charge in [-0.3, -0.25) is 4.79 Å². The fourth-order valence-corrected chi connectivity index (χ4v) is 1.33. The minimum atomic E-state index is -5.84. The zero-order valence-electron chi connectivity index (χ0n) is 10.8. The highest BCUT2D eigenvalue weighted by atomic mass is 19.4. The average Bonchev–Trinajstić information content (AvgIpc) is 2.34. The van der Waals surface area contributed by atoms with Crippen LogP contribution >= 0.6 is 0 Å². The van der Waals surface area contributed by atoms with Gasteiger partial charge >= 0.3 is 24.2 Å². The number of amides is 1. The first-order valence-corrected chi connectivity index (χ1v) is 5.70. The van der Waals surface area contributed by atoms with Crippen LogP contribution in [0, 0.1) is 5.92 Å². The van der Waals surface area contributed by atoms with E-state index < -0.39 is 49.5 Å². The van der Waals surface area contributed by atoms with Gasteiger partial charge in [0.1, 0.15) is 6.61 Å². The van der Waals surface area contributed by atoms with Crippen molar-refractivity contribution in [2.45, 2.75) is 24.9 Å². The lowest BCUT2D eigenvalue weighted by atomic mass is 9.95. The molecule has 0 fully saturated rings. The van der Waals surface area contributed by atoms with Crippen molar-refractivity contribution in [3.63, 3.8) is 0 Å². The molecule has 0 saturated heterocycles. The number of carbonyl (C=O) groups excluding carboxylic acids is 1. The lowest BCUT2D eigenvalue weighted by Crippen LogP contribution is -2.48. The fraction of sp³-hybridized carbons (Fsp3) is 0.636. The Morgan fingerprint density at radius 3 is 2.29 bits per heavy atom. The number of halogens is 5. The molecule has 0 bridgehead atoms. The van der Waals surface area contributed by atoms with Crippen LogP contribution in [0.1, 0.15) is 12.8 Å². The fourth-order valence-electron chi connectivity index (χ4n) is 1.33. The maximum Gasteiger partial charge on any atom is 0.453 e. The van der Waals surface area contributed by atoms with Crippen molar-refractivity contribution in [2.24, 2.45) is 5.92 Å². The number of carboxylic acids is 1. The molecule has 1 atom stereocenters. The number of hydrogen-bond donors (Lipinski definition) is 2. The third-order valence-electron chi connectivity index (χ3n) is 2.42. The molecule has 1 unspecified atom stereocenters. The van der Waals surface area contributed by atoms with Crippen LogP contribution in [0.15, 0.2) is 12.7 Å². The Bertz CT molecular complexity index is 383. The second-order valence-electron chi connectivity index (χ2n) is 4.02. The molecule has 2 N–H and O–H groups in total. The number of alkyl halides is 5. The van der Waals surface area contributed by atoms with Gasteiger partial charge in [0, 0.05) is 13.0 Å². The van der Waals surface area contributed by atoms with E-state index >= 15 is 0 Å². The van der Waals surface area contributed by atoms with Crippen LogP contribution in [-0.2, 0) is 9.53 Å². The Kier molecular flexibility index (Phi) is 7.10. The van der Waals surface area contributed by atoms with E-state index in [9.17, 15) is 31.5 Å². The van der Waals surface area contributed by atoms with Crippen LogP contribution < -0.4 is 5.32 Å². The van der Waals surface area contributed by atoms with E-state index in [1.807, 2.05) is 0 Å². The molecule has 0 aliphatic heterocycles. The minimum Gasteiger partial charge on any atom is -0.481 e. The normalized spacial score (nSPS) is 13.4. The van der Waals surface area contributed by atoms with Crippen molar-refractivity contribution in [3.05, 3.63) is 12.7 Å². The van der Waals surface area contributed by atoms with Crippen LogP contribution in [-0.4, -0.2) is 42.4 Å².